The van der Waals surface area contributed by atoms with Crippen LogP contribution in [-0.2, 0) is 0 Å². The number of fused-ring (bicyclic) bond motifs is 1. The van der Waals surface area contributed by atoms with Crippen LogP contribution in [0.2, 0.25) is 0 Å². The van der Waals surface area contributed by atoms with E-state index in [1.807, 2.05) is 24.3 Å². The fraction of sp³-hybridized carbons (Fsp3) is 0.154. The second kappa shape index (κ2) is 4.12. The van der Waals surface area contributed by atoms with Gasteiger partial charge in [-0.25, -0.2) is 0 Å². The van der Waals surface area contributed by atoms with Crippen molar-refractivity contribution >= 4 is 10.8 Å². The van der Waals surface area contributed by atoms with E-state index in [4.69, 9.17) is 6.42 Å². The van der Waals surface area contributed by atoms with Gasteiger partial charge in [0, 0.05) is 29.8 Å². The van der Waals surface area contributed by atoms with Gasteiger partial charge in [0.1, 0.15) is 0 Å². The van der Waals surface area contributed by atoms with E-state index >= 15 is 0 Å². The lowest BCUT2D eigenvalue weighted by Gasteiger charge is -2.10. The van der Waals surface area contributed by atoms with Crippen molar-refractivity contribution in [2.24, 2.45) is 0 Å². The highest BCUT2D eigenvalue weighted by atomic mass is 16.3. The van der Waals surface area contributed by atoms with Gasteiger partial charge < -0.3 is 5.11 Å². The van der Waals surface area contributed by atoms with Crippen molar-refractivity contribution in [1.82, 2.24) is 4.98 Å². The van der Waals surface area contributed by atoms with Gasteiger partial charge in [0.2, 0.25) is 0 Å². The summed E-state index contributed by atoms with van der Waals surface area (Å²) in [5.41, 5.74) is 0.797. The lowest BCUT2D eigenvalue weighted by Crippen LogP contribution is -1.97. The Balaban J connectivity index is 2.56. The Morgan fingerprint density at radius 3 is 2.93 bits per heavy atom. The predicted octanol–water partition coefficient (Wildman–Crippen LogP) is 2.29. The fourth-order valence-corrected chi connectivity index (χ4v) is 1.63. The lowest BCUT2D eigenvalue weighted by molar-refractivity contribution is 0.185. The van der Waals surface area contributed by atoms with E-state index in [0.717, 1.165) is 16.3 Å². The molecule has 1 N–H and O–H groups in total. The molecule has 0 aliphatic rings. The van der Waals surface area contributed by atoms with Gasteiger partial charge in [-0.1, -0.05) is 24.3 Å². The molecule has 15 heavy (non-hydrogen) atoms. The van der Waals surface area contributed by atoms with Gasteiger partial charge >= 0.3 is 0 Å². The summed E-state index contributed by atoms with van der Waals surface area (Å²) in [6, 6.07) is 7.82. The summed E-state index contributed by atoms with van der Waals surface area (Å²) in [5, 5.41) is 11.9. The fourth-order valence-electron chi connectivity index (χ4n) is 1.63. The normalized spacial score (nSPS) is 12.3. The number of aromatic nitrogens is 1. The zero-order valence-electron chi connectivity index (χ0n) is 8.22. The Morgan fingerprint density at radius 1 is 1.33 bits per heavy atom. The van der Waals surface area contributed by atoms with Gasteiger partial charge in [0.15, 0.2) is 0 Å². The summed E-state index contributed by atoms with van der Waals surface area (Å²) in [7, 11) is 0. The van der Waals surface area contributed by atoms with Crippen LogP contribution in [-0.4, -0.2) is 10.1 Å². The summed E-state index contributed by atoms with van der Waals surface area (Å²) in [6.45, 7) is 0. The Hall–Kier alpha value is -1.85. The summed E-state index contributed by atoms with van der Waals surface area (Å²) in [5.74, 6) is 2.45. The topological polar surface area (TPSA) is 33.1 Å². The largest absolute Gasteiger partial charge is 0.387 e. The molecule has 0 saturated heterocycles. The van der Waals surface area contributed by atoms with Crippen LogP contribution in [0.4, 0.5) is 0 Å². The number of benzene rings is 1. The van der Waals surface area contributed by atoms with E-state index in [1.165, 1.54) is 0 Å². The molecule has 0 aliphatic heterocycles. The highest BCUT2D eigenvalue weighted by molar-refractivity contribution is 5.84. The molecule has 0 bridgehead atoms. The lowest BCUT2D eigenvalue weighted by atomic mass is 10.0. The second-order valence-corrected chi connectivity index (χ2v) is 3.37. The van der Waals surface area contributed by atoms with Gasteiger partial charge in [-0.2, -0.15) is 0 Å². The van der Waals surface area contributed by atoms with Crippen LogP contribution in [0.15, 0.2) is 36.7 Å². The third-order valence-corrected chi connectivity index (χ3v) is 2.37. The molecule has 2 nitrogen and oxygen atoms in total. The standard InChI is InChI=1S/C13H11NO/c1-2-5-13(15)12-9-14-8-10-6-3-4-7-11(10)12/h1,3-4,6-9,13,15H,5H2. The highest BCUT2D eigenvalue weighted by Crippen LogP contribution is 2.24. The minimum absolute atomic E-state index is 0.315. The van der Waals surface area contributed by atoms with Gasteiger partial charge in [0.05, 0.1) is 6.10 Å². The van der Waals surface area contributed by atoms with Gasteiger partial charge in [-0.3, -0.25) is 4.98 Å². The smallest absolute Gasteiger partial charge is 0.0919 e. The number of aliphatic hydroxyl groups excluding tert-OH is 1. The summed E-state index contributed by atoms with van der Waals surface area (Å²) in [4.78, 5) is 4.09. The van der Waals surface area contributed by atoms with E-state index in [1.54, 1.807) is 12.4 Å². The molecular weight excluding hydrogens is 186 g/mol. The van der Waals surface area contributed by atoms with Crippen LogP contribution in [0.25, 0.3) is 10.8 Å². The SMILES string of the molecule is C#CCC(O)c1cncc2ccccc12. The van der Waals surface area contributed by atoms with Crippen molar-refractivity contribution in [2.45, 2.75) is 12.5 Å². The summed E-state index contributed by atoms with van der Waals surface area (Å²) < 4.78 is 0. The van der Waals surface area contributed by atoms with Crippen molar-refractivity contribution < 1.29 is 5.11 Å². The van der Waals surface area contributed by atoms with E-state index in [9.17, 15) is 5.11 Å². The molecule has 1 unspecified atom stereocenters. The number of hydrogen-bond acceptors (Lipinski definition) is 2. The monoisotopic (exact) mass is 197 g/mol. The van der Waals surface area contributed by atoms with E-state index in [0.29, 0.717) is 6.42 Å². The molecule has 0 aliphatic carbocycles. The number of hydrogen-bond donors (Lipinski definition) is 1. The minimum Gasteiger partial charge on any atom is -0.387 e. The molecule has 2 heteroatoms. The average molecular weight is 197 g/mol. The molecule has 1 aromatic heterocycles. The molecule has 2 aromatic rings. The first-order valence-electron chi connectivity index (χ1n) is 4.77. The second-order valence-electron chi connectivity index (χ2n) is 3.37. The summed E-state index contributed by atoms with van der Waals surface area (Å²) >= 11 is 0. The van der Waals surface area contributed by atoms with Crippen LogP contribution < -0.4 is 0 Å². The molecule has 0 amide bonds. The van der Waals surface area contributed by atoms with Crippen molar-refractivity contribution in [2.75, 3.05) is 0 Å². The Labute approximate surface area is 88.6 Å². The Morgan fingerprint density at radius 2 is 2.13 bits per heavy atom. The molecule has 0 saturated carbocycles. The van der Waals surface area contributed by atoms with Crippen LogP contribution >= 0.6 is 0 Å². The molecule has 1 atom stereocenters. The van der Waals surface area contributed by atoms with Gasteiger partial charge in [-0.05, 0) is 5.39 Å². The van der Waals surface area contributed by atoms with Gasteiger partial charge in [0.25, 0.3) is 0 Å². The first kappa shape index (κ1) is 9.70. The number of terminal acetylenes is 1. The molecular formula is C13H11NO. The molecule has 1 aromatic carbocycles. The number of aliphatic hydroxyl groups is 1. The van der Waals surface area contributed by atoms with Gasteiger partial charge in [-0.15, -0.1) is 12.3 Å². The zero-order chi connectivity index (χ0) is 10.7. The third-order valence-electron chi connectivity index (χ3n) is 2.37. The molecule has 0 radical (unpaired) electrons. The van der Waals surface area contributed by atoms with E-state index in [2.05, 4.69) is 10.9 Å². The number of nitrogens with zero attached hydrogens (tertiary/aromatic N) is 1. The molecule has 74 valence electrons. The van der Waals surface area contributed by atoms with Crippen LogP contribution in [0, 0.1) is 12.3 Å². The van der Waals surface area contributed by atoms with Crippen molar-refractivity contribution in [1.29, 1.82) is 0 Å². The molecule has 2 rings (SSSR count). The number of rotatable bonds is 2. The first-order valence-corrected chi connectivity index (χ1v) is 4.77. The Kier molecular flexibility index (Phi) is 2.66. The highest BCUT2D eigenvalue weighted by Gasteiger charge is 2.09. The maximum atomic E-state index is 9.84. The van der Waals surface area contributed by atoms with Crippen LogP contribution in [0.3, 0.4) is 0 Å². The van der Waals surface area contributed by atoms with Crippen molar-refractivity contribution in [3.63, 3.8) is 0 Å². The maximum absolute atomic E-state index is 9.84. The quantitative estimate of drug-likeness (QED) is 0.749. The molecule has 0 fully saturated rings. The van der Waals surface area contributed by atoms with Crippen LogP contribution in [0.5, 0.6) is 0 Å². The first-order chi connectivity index (χ1) is 7.33. The molecule has 0 spiro atoms. The maximum Gasteiger partial charge on any atom is 0.0919 e. The average Bonchev–Trinajstić information content (AvgIpc) is 2.28. The third kappa shape index (κ3) is 1.83. The van der Waals surface area contributed by atoms with Crippen LogP contribution in [0.1, 0.15) is 18.1 Å². The minimum atomic E-state index is -0.631. The van der Waals surface area contributed by atoms with Crippen molar-refractivity contribution in [3.8, 4) is 12.3 Å². The summed E-state index contributed by atoms with van der Waals surface area (Å²) in [6.07, 6.45) is 8.31. The zero-order valence-corrected chi connectivity index (χ0v) is 8.22. The van der Waals surface area contributed by atoms with E-state index in [-0.39, 0.29) is 0 Å². The predicted molar refractivity (Wildman–Crippen MR) is 60.2 cm³/mol. The van der Waals surface area contributed by atoms with E-state index < -0.39 is 6.10 Å². The Bertz CT molecular complexity index is 508. The number of pyridine rings is 1. The molecule has 1 heterocycles. The van der Waals surface area contributed by atoms with Crippen molar-refractivity contribution in [3.05, 3.63) is 42.2 Å².